The number of halogens is 1. The summed E-state index contributed by atoms with van der Waals surface area (Å²) in [5.74, 6) is -0.211. The average molecular weight is 522 g/mol. The lowest BCUT2D eigenvalue weighted by Gasteiger charge is -2.38. The van der Waals surface area contributed by atoms with Gasteiger partial charge < -0.3 is 15.1 Å². The first kappa shape index (κ1) is 24.8. The van der Waals surface area contributed by atoms with Crippen molar-refractivity contribution in [2.24, 2.45) is 7.05 Å². The number of aromatic nitrogens is 2. The van der Waals surface area contributed by atoms with Crippen molar-refractivity contribution in [2.45, 2.75) is 31.8 Å². The van der Waals surface area contributed by atoms with E-state index in [9.17, 15) is 19.2 Å². The van der Waals surface area contributed by atoms with Crippen molar-refractivity contribution in [1.29, 1.82) is 0 Å². The van der Waals surface area contributed by atoms with Gasteiger partial charge >= 0.3 is 11.7 Å². The monoisotopic (exact) mass is 521 g/mol. The van der Waals surface area contributed by atoms with E-state index in [1.165, 1.54) is 17.8 Å². The zero-order valence-corrected chi connectivity index (χ0v) is 21.3. The molecule has 3 aromatic rings. The van der Waals surface area contributed by atoms with Crippen molar-refractivity contribution in [3.05, 3.63) is 86.2 Å². The molecule has 192 valence electrons. The van der Waals surface area contributed by atoms with Crippen LogP contribution >= 0.6 is 11.6 Å². The van der Waals surface area contributed by atoms with E-state index in [2.05, 4.69) is 5.32 Å². The lowest BCUT2D eigenvalue weighted by atomic mass is 10.0. The highest BCUT2D eigenvalue weighted by Gasteiger charge is 2.31. The van der Waals surface area contributed by atoms with Gasteiger partial charge in [-0.2, -0.15) is 0 Å². The standard InChI is InChI=1S/C27H28ClN5O4/c1-30-25(35)21(20-7-3-4-8-22(20)28)16-32(27(30)37)17-24(34)31-13-11-19(12-14-31)33-15-10-18-6-2-5-9-23(18)29-26(33)36/h2-9,16,19H,10-15,17H2,1H3,(H,29,36). The van der Waals surface area contributed by atoms with Crippen LogP contribution in [0, 0.1) is 0 Å². The van der Waals surface area contributed by atoms with Gasteiger partial charge in [0.15, 0.2) is 0 Å². The SMILES string of the molecule is Cn1c(=O)c(-c2ccccc2Cl)cn(CC(=O)N2CCC(N3CCc4ccccc4NC3=O)CC2)c1=O. The number of hydrogen-bond donors (Lipinski definition) is 1. The zero-order valence-electron chi connectivity index (χ0n) is 20.5. The summed E-state index contributed by atoms with van der Waals surface area (Å²) in [4.78, 5) is 55.1. The predicted molar refractivity (Wildman–Crippen MR) is 142 cm³/mol. The van der Waals surface area contributed by atoms with Gasteiger partial charge in [-0.15, -0.1) is 0 Å². The van der Waals surface area contributed by atoms with Crippen LogP contribution in [0.3, 0.4) is 0 Å². The summed E-state index contributed by atoms with van der Waals surface area (Å²) in [5, 5.41) is 3.39. The molecule has 2 aliphatic heterocycles. The van der Waals surface area contributed by atoms with Crippen LogP contribution in [0.4, 0.5) is 10.5 Å². The number of para-hydroxylation sites is 1. The first-order valence-electron chi connectivity index (χ1n) is 12.3. The van der Waals surface area contributed by atoms with Gasteiger partial charge in [-0.1, -0.05) is 48.0 Å². The third-order valence-electron chi connectivity index (χ3n) is 7.22. The summed E-state index contributed by atoms with van der Waals surface area (Å²) < 4.78 is 2.25. The van der Waals surface area contributed by atoms with Crippen LogP contribution in [0.2, 0.25) is 5.02 Å². The Morgan fingerprint density at radius 2 is 1.68 bits per heavy atom. The number of hydrogen-bond acceptors (Lipinski definition) is 4. The molecule has 1 fully saturated rings. The second kappa shape index (κ2) is 10.3. The summed E-state index contributed by atoms with van der Waals surface area (Å²) in [6.45, 7) is 1.41. The minimum atomic E-state index is -0.565. The van der Waals surface area contributed by atoms with Crippen molar-refractivity contribution in [2.75, 3.05) is 25.0 Å². The van der Waals surface area contributed by atoms with Crippen molar-refractivity contribution in [3.8, 4) is 11.1 Å². The molecule has 0 atom stereocenters. The lowest BCUT2D eigenvalue weighted by molar-refractivity contribution is -0.133. The van der Waals surface area contributed by atoms with E-state index in [1.807, 2.05) is 29.2 Å². The van der Waals surface area contributed by atoms with E-state index in [4.69, 9.17) is 11.6 Å². The van der Waals surface area contributed by atoms with Crippen molar-refractivity contribution in [1.82, 2.24) is 18.9 Å². The summed E-state index contributed by atoms with van der Waals surface area (Å²) >= 11 is 6.28. The van der Waals surface area contributed by atoms with E-state index in [0.717, 1.165) is 22.2 Å². The van der Waals surface area contributed by atoms with Crippen LogP contribution in [0.25, 0.3) is 11.1 Å². The topological polar surface area (TPSA) is 96.7 Å². The molecule has 3 amide bonds. The van der Waals surface area contributed by atoms with Crippen molar-refractivity contribution in [3.63, 3.8) is 0 Å². The number of likely N-dealkylation sites (tertiary alicyclic amines) is 1. The van der Waals surface area contributed by atoms with Crippen LogP contribution < -0.4 is 16.6 Å². The minimum Gasteiger partial charge on any atom is -0.341 e. The molecule has 0 aliphatic carbocycles. The number of urea groups is 1. The smallest absolute Gasteiger partial charge is 0.331 e. The summed E-state index contributed by atoms with van der Waals surface area (Å²) in [5.41, 5.74) is 1.69. The Kier molecular flexibility index (Phi) is 6.88. The summed E-state index contributed by atoms with van der Waals surface area (Å²) in [6.07, 6.45) is 3.50. The third kappa shape index (κ3) is 4.91. The Bertz CT molecular complexity index is 1470. The number of fused-ring (bicyclic) bond motifs is 1. The highest BCUT2D eigenvalue weighted by atomic mass is 35.5. The molecule has 0 spiro atoms. The molecule has 1 N–H and O–H groups in total. The van der Waals surface area contributed by atoms with E-state index in [-0.39, 0.29) is 30.1 Å². The zero-order chi connectivity index (χ0) is 26.1. The van der Waals surface area contributed by atoms with Gasteiger partial charge in [0.25, 0.3) is 5.56 Å². The fourth-order valence-electron chi connectivity index (χ4n) is 5.11. The van der Waals surface area contributed by atoms with Gasteiger partial charge in [0.2, 0.25) is 5.91 Å². The Morgan fingerprint density at radius 3 is 2.43 bits per heavy atom. The summed E-state index contributed by atoms with van der Waals surface area (Å²) in [6, 6.07) is 14.6. The first-order chi connectivity index (χ1) is 17.8. The van der Waals surface area contributed by atoms with Crippen molar-refractivity contribution >= 4 is 29.2 Å². The second-order valence-electron chi connectivity index (χ2n) is 9.44. The van der Waals surface area contributed by atoms with E-state index >= 15 is 0 Å². The van der Waals surface area contributed by atoms with Gasteiger partial charge in [-0.3, -0.25) is 18.7 Å². The number of piperidine rings is 1. The molecule has 2 aliphatic rings. The molecule has 9 nitrogen and oxygen atoms in total. The molecule has 3 heterocycles. The Hall–Kier alpha value is -3.85. The molecule has 0 saturated carbocycles. The van der Waals surface area contributed by atoms with Gasteiger partial charge in [-0.25, -0.2) is 9.59 Å². The van der Waals surface area contributed by atoms with Gasteiger partial charge in [0, 0.05) is 55.2 Å². The van der Waals surface area contributed by atoms with Crippen LogP contribution in [0.1, 0.15) is 18.4 Å². The maximum Gasteiger partial charge on any atom is 0.331 e. The molecule has 2 aromatic carbocycles. The Morgan fingerprint density at radius 1 is 0.973 bits per heavy atom. The van der Waals surface area contributed by atoms with Crippen LogP contribution in [-0.4, -0.2) is 56.5 Å². The second-order valence-corrected chi connectivity index (χ2v) is 9.85. The number of anilines is 1. The number of amides is 3. The van der Waals surface area contributed by atoms with E-state index in [1.54, 1.807) is 29.2 Å². The average Bonchev–Trinajstić information content (AvgIpc) is 3.07. The predicted octanol–water partition coefficient (Wildman–Crippen LogP) is 2.95. The molecular formula is C27H28ClN5O4. The van der Waals surface area contributed by atoms with Gasteiger partial charge in [0.05, 0.1) is 5.56 Å². The summed E-state index contributed by atoms with van der Waals surface area (Å²) in [7, 11) is 1.39. The normalized spacial score (nSPS) is 16.2. The van der Waals surface area contributed by atoms with Crippen LogP contribution in [0.15, 0.2) is 64.3 Å². The van der Waals surface area contributed by atoms with Crippen LogP contribution in [-0.2, 0) is 24.8 Å². The number of rotatable bonds is 4. The molecule has 37 heavy (non-hydrogen) atoms. The Labute approximate surface area is 218 Å². The number of nitrogens with zero attached hydrogens (tertiary/aromatic N) is 4. The Balaban J connectivity index is 1.27. The highest BCUT2D eigenvalue weighted by molar-refractivity contribution is 6.33. The molecule has 10 heteroatoms. The maximum absolute atomic E-state index is 13.1. The largest absolute Gasteiger partial charge is 0.341 e. The number of benzene rings is 2. The highest BCUT2D eigenvalue weighted by Crippen LogP contribution is 2.26. The number of nitrogens with one attached hydrogen (secondary N) is 1. The molecule has 5 rings (SSSR count). The number of carbonyl (C=O) groups excluding carboxylic acids is 2. The fourth-order valence-corrected chi connectivity index (χ4v) is 5.35. The lowest BCUT2D eigenvalue weighted by Crippen LogP contribution is -2.51. The van der Waals surface area contributed by atoms with E-state index in [0.29, 0.717) is 43.1 Å². The minimum absolute atomic E-state index is 0.0328. The fraction of sp³-hybridized carbons (Fsp3) is 0.333. The molecule has 1 saturated heterocycles. The molecule has 0 radical (unpaired) electrons. The quantitative estimate of drug-likeness (QED) is 0.571. The molecule has 0 unspecified atom stereocenters. The van der Waals surface area contributed by atoms with Gasteiger partial charge in [-0.05, 0) is 37.0 Å². The molecule has 1 aromatic heterocycles. The molecular weight excluding hydrogens is 494 g/mol. The van der Waals surface area contributed by atoms with Gasteiger partial charge in [0.1, 0.15) is 6.54 Å². The third-order valence-corrected chi connectivity index (χ3v) is 7.55. The van der Waals surface area contributed by atoms with Crippen molar-refractivity contribution < 1.29 is 9.59 Å². The maximum atomic E-state index is 13.1. The first-order valence-corrected chi connectivity index (χ1v) is 12.7. The molecule has 0 bridgehead atoms. The number of carbonyl (C=O) groups is 2. The van der Waals surface area contributed by atoms with Crippen LogP contribution in [0.5, 0.6) is 0 Å². The van der Waals surface area contributed by atoms with E-state index < -0.39 is 11.2 Å².